The molecule has 0 bridgehead atoms. The first-order valence-electron chi connectivity index (χ1n) is 19.4. The molecule has 0 saturated carbocycles. The molecule has 0 fully saturated rings. The van der Waals surface area contributed by atoms with Crippen LogP contribution in [0.2, 0.25) is 0 Å². The van der Waals surface area contributed by atoms with Gasteiger partial charge in [-0.05, 0) is 95.7 Å². The molecule has 2 aromatic heterocycles. The van der Waals surface area contributed by atoms with Gasteiger partial charge >= 0.3 is 0 Å². The Hall–Kier alpha value is -6.69. The third kappa shape index (κ3) is 4.58. The Labute approximate surface area is 337 Å². The predicted octanol–water partition coefficient (Wildman–Crippen LogP) is 14.0. The molecule has 4 nitrogen and oxygen atoms in total. The molecule has 1 aliphatic rings. The number of nitrogens with zero attached hydrogens (tertiary/aromatic N) is 4. The first-order chi connectivity index (χ1) is 28.0. The Kier molecular flexibility index (Phi) is 6.80. The summed E-state index contributed by atoms with van der Waals surface area (Å²) in [6.45, 7) is 4.80. The van der Waals surface area contributed by atoms with Gasteiger partial charge in [0.25, 0.3) is 0 Å². The average Bonchev–Trinajstić information content (AvgIpc) is 3.71. The Morgan fingerprint density at radius 1 is 0.474 bits per heavy atom. The Morgan fingerprint density at radius 3 is 1.58 bits per heavy atom. The maximum Gasteiger partial charge on any atom is 0.238 e. The van der Waals surface area contributed by atoms with E-state index in [2.05, 4.69) is 162 Å². The SMILES string of the molecule is CC1(C)c2cc3c4ccccc4c4ccccc4c3cc2-c2c1c1c(c3ccccc23)c2cc(Br)ccc2n1-c1nc(-c2ccccc2)nc(-c2ccccc2)n1. The van der Waals surface area contributed by atoms with Crippen molar-refractivity contribution in [2.75, 3.05) is 0 Å². The van der Waals surface area contributed by atoms with Crippen LogP contribution < -0.4 is 0 Å². The normalized spacial score (nSPS) is 13.3. The van der Waals surface area contributed by atoms with Crippen LogP contribution in [0.5, 0.6) is 0 Å². The first-order valence-corrected chi connectivity index (χ1v) is 20.2. The fourth-order valence-corrected chi connectivity index (χ4v) is 10.1. The standard InChI is InChI=1S/C52H33BrN4/c1-52(2)43-29-40-36-22-12-10-20-34(36)33-19-9-11-21-35(33)39(40)28-41(43)45-37-23-13-14-24-38(37)46-42-27-32(53)25-26-44(42)57(48(46)47(45)52)51-55-49(30-15-5-3-6-16-30)54-50(56-51)31-17-7-4-8-18-31/h3-29H,1-2H3. The lowest BCUT2D eigenvalue weighted by Crippen LogP contribution is -2.17. The highest BCUT2D eigenvalue weighted by molar-refractivity contribution is 9.10. The van der Waals surface area contributed by atoms with E-state index in [1.54, 1.807) is 0 Å². The van der Waals surface area contributed by atoms with Crippen LogP contribution in [0.1, 0.15) is 25.0 Å². The first kappa shape index (κ1) is 32.5. The Morgan fingerprint density at radius 2 is 0.982 bits per heavy atom. The molecular formula is C52H33BrN4. The van der Waals surface area contributed by atoms with E-state index in [1.807, 2.05) is 36.4 Å². The van der Waals surface area contributed by atoms with Gasteiger partial charge in [0.05, 0.1) is 11.0 Å². The summed E-state index contributed by atoms with van der Waals surface area (Å²) in [5.41, 5.74) is 8.84. The van der Waals surface area contributed by atoms with Crippen LogP contribution in [-0.2, 0) is 5.41 Å². The van der Waals surface area contributed by atoms with Crippen LogP contribution in [0.25, 0.3) is 105 Å². The average molecular weight is 794 g/mol. The van der Waals surface area contributed by atoms with E-state index < -0.39 is 0 Å². The van der Waals surface area contributed by atoms with Gasteiger partial charge in [-0.2, -0.15) is 9.97 Å². The molecule has 0 spiro atoms. The minimum Gasteiger partial charge on any atom is -0.277 e. The molecular weight excluding hydrogens is 761 g/mol. The van der Waals surface area contributed by atoms with E-state index in [0.29, 0.717) is 17.6 Å². The highest BCUT2D eigenvalue weighted by atomic mass is 79.9. The molecule has 0 saturated heterocycles. The van der Waals surface area contributed by atoms with Gasteiger partial charge in [0.1, 0.15) is 0 Å². The highest BCUT2D eigenvalue weighted by Crippen LogP contribution is 2.57. The fraction of sp³-hybridized carbons (Fsp3) is 0.0577. The van der Waals surface area contributed by atoms with Crippen LogP contribution >= 0.6 is 15.9 Å². The largest absolute Gasteiger partial charge is 0.277 e. The van der Waals surface area contributed by atoms with Crippen LogP contribution in [-0.4, -0.2) is 19.5 Å². The maximum absolute atomic E-state index is 5.34. The molecule has 12 rings (SSSR count). The van der Waals surface area contributed by atoms with Gasteiger partial charge < -0.3 is 0 Å². The van der Waals surface area contributed by atoms with Crippen LogP contribution in [0.3, 0.4) is 0 Å². The molecule has 0 unspecified atom stereocenters. The van der Waals surface area contributed by atoms with E-state index in [4.69, 9.17) is 15.0 Å². The molecule has 0 N–H and O–H groups in total. The molecule has 268 valence electrons. The monoisotopic (exact) mass is 792 g/mol. The third-order valence-corrected chi connectivity index (χ3v) is 12.7. The summed E-state index contributed by atoms with van der Waals surface area (Å²) >= 11 is 3.85. The van der Waals surface area contributed by atoms with Crippen LogP contribution in [0.4, 0.5) is 0 Å². The zero-order valence-corrected chi connectivity index (χ0v) is 32.8. The van der Waals surface area contributed by atoms with Crippen LogP contribution in [0.15, 0.2) is 168 Å². The summed E-state index contributed by atoms with van der Waals surface area (Å²) < 4.78 is 3.35. The second kappa shape index (κ2) is 11.9. The molecule has 57 heavy (non-hydrogen) atoms. The van der Waals surface area contributed by atoms with Gasteiger partial charge in [-0.1, -0.05) is 163 Å². The van der Waals surface area contributed by atoms with Crippen molar-refractivity contribution in [1.82, 2.24) is 19.5 Å². The molecule has 11 aromatic rings. The number of benzene rings is 9. The van der Waals surface area contributed by atoms with E-state index in [0.717, 1.165) is 32.0 Å². The predicted molar refractivity (Wildman–Crippen MR) is 240 cm³/mol. The van der Waals surface area contributed by atoms with Gasteiger partial charge in [-0.15, -0.1) is 0 Å². The Balaban J connectivity index is 1.27. The van der Waals surface area contributed by atoms with Crippen molar-refractivity contribution in [2.24, 2.45) is 0 Å². The lowest BCUT2D eigenvalue weighted by Gasteiger charge is -2.24. The number of hydrogen-bond acceptors (Lipinski definition) is 3. The fourth-order valence-electron chi connectivity index (χ4n) is 9.75. The number of rotatable bonds is 3. The van der Waals surface area contributed by atoms with Crippen molar-refractivity contribution >= 4 is 80.8 Å². The van der Waals surface area contributed by atoms with Gasteiger partial charge in [-0.3, -0.25) is 4.57 Å². The van der Waals surface area contributed by atoms with Gasteiger partial charge in [-0.25, -0.2) is 4.98 Å². The summed E-state index contributed by atoms with van der Waals surface area (Å²) in [6.07, 6.45) is 0. The van der Waals surface area contributed by atoms with E-state index in [1.165, 1.54) is 70.7 Å². The summed E-state index contributed by atoms with van der Waals surface area (Å²) in [4.78, 5) is 15.8. The van der Waals surface area contributed by atoms with E-state index >= 15 is 0 Å². The number of fused-ring (bicyclic) bond motifs is 16. The number of hydrogen-bond donors (Lipinski definition) is 0. The third-order valence-electron chi connectivity index (χ3n) is 12.2. The lowest BCUT2D eigenvalue weighted by atomic mass is 9.80. The molecule has 1 aliphatic carbocycles. The lowest BCUT2D eigenvalue weighted by molar-refractivity contribution is 0.664. The molecule has 9 aromatic carbocycles. The number of halogens is 1. The zero-order valence-electron chi connectivity index (χ0n) is 31.3. The molecule has 0 radical (unpaired) electrons. The maximum atomic E-state index is 5.34. The van der Waals surface area contributed by atoms with Crippen molar-refractivity contribution < 1.29 is 0 Å². The van der Waals surface area contributed by atoms with Crippen molar-refractivity contribution in [3.63, 3.8) is 0 Å². The summed E-state index contributed by atoms with van der Waals surface area (Å²) in [6, 6.07) is 58.7. The van der Waals surface area contributed by atoms with Crippen molar-refractivity contribution in [1.29, 1.82) is 0 Å². The summed E-state index contributed by atoms with van der Waals surface area (Å²) in [5, 5.41) is 12.5. The minimum atomic E-state index is -0.380. The van der Waals surface area contributed by atoms with Crippen molar-refractivity contribution in [3.05, 3.63) is 179 Å². The minimum absolute atomic E-state index is 0.380. The second-order valence-electron chi connectivity index (χ2n) is 15.7. The smallest absolute Gasteiger partial charge is 0.238 e. The molecule has 0 amide bonds. The number of aromatic nitrogens is 4. The van der Waals surface area contributed by atoms with E-state index in [9.17, 15) is 0 Å². The summed E-state index contributed by atoms with van der Waals surface area (Å²) in [5.74, 6) is 1.87. The Bertz CT molecular complexity index is 3440. The highest BCUT2D eigenvalue weighted by Gasteiger charge is 2.41. The second-order valence-corrected chi connectivity index (χ2v) is 16.6. The molecule has 0 aliphatic heterocycles. The summed E-state index contributed by atoms with van der Waals surface area (Å²) in [7, 11) is 0. The quantitative estimate of drug-likeness (QED) is 0.167. The zero-order chi connectivity index (χ0) is 38.0. The van der Waals surface area contributed by atoms with Crippen molar-refractivity contribution in [3.8, 4) is 39.9 Å². The van der Waals surface area contributed by atoms with Gasteiger partial charge in [0.2, 0.25) is 5.95 Å². The van der Waals surface area contributed by atoms with Crippen molar-refractivity contribution in [2.45, 2.75) is 19.3 Å². The molecule has 2 heterocycles. The molecule has 5 heteroatoms. The van der Waals surface area contributed by atoms with E-state index in [-0.39, 0.29) is 5.41 Å². The van der Waals surface area contributed by atoms with Gasteiger partial charge in [0, 0.05) is 31.8 Å². The molecule has 0 atom stereocenters. The topological polar surface area (TPSA) is 43.6 Å². The van der Waals surface area contributed by atoms with Gasteiger partial charge in [0.15, 0.2) is 11.6 Å². The van der Waals surface area contributed by atoms with Crippen LogP contribution in [0, 0.1) is 0 Å².